The number of nitrogens with one attached hydrogen (secondary N) is 1. The minimum absolute atomic E-state index is 0.192. The highest BCUT2D eigenvalue weighted by atomic mass is 35.5. The van der Waals surface area contributed by atoms with Crippen molar-refractivity contribution in [2.45, 2.75) is 20.3 Å². The van der Waals surface area contributed by atoms with E-state index in [1.54, 1.807) is 26.0 Å². The second kappa shape index (κ2) is 8.16. The van der Waals surface area contributed by atoms with E-state index >= 15 is 0 Å². The van der Waals surface area contributed by atoms with Gasteiger partial charge in [-0.25, -0.2) is 9.59 Å². The van der Waals surface area contributed by atoms with Gasteiger partial charge >= 0.3 is 12.1 Å². The van der Waals surface area contributed by atoms with E-state index in [1.807, 2.05) is 0 Å². The molecular formula is C13H15ClN2O4. The Kier molecular flexibility index (Phi) is 6.52. The molecule has 0 saturated heterocycles. The molecule has 1 rings (SSSR count). The summed E-state index contributed by atoms with van der Waals surface area (Å²) in [5.41, 5.74) is 0.865. The molecule has 1 amide bonds. The number of carbonyl (C=O) groups excluding carboxylic acids is 2. The molecule has 0 spiro atoms. The summed E-state index contributed by atoms with van der Waals surface area (Å²) in [6, 6.07) is 6.18. The van der Waals surface area contributed by atoms with E-state index in [0.717, 1.165) is 0 Å². The smallest absolute Gasteiger partial charge is 0.437 e. The van der Waals surface area contributed by atoms with Crippen molar-refractivity contribution in [1.82, 2.24) is 0 Å². The van der Waals surface area contributed by atoms with Crippen LogP contribution in [0, 0.1) is 0 Å². The van der Waals surface area contributed by atoms with Crippen LogP contribution in [0.25, 0.3) is 0 Å². The molecule has 0 atom stereocenters. The number of ether oxygens (including phenoxy) is 1. The number of halogens is 1. The lowest BCUT2D eigenvalue weighted by molar-refractivity contribution is 0.0526. The van der Waals surface area contributed by atoms with E-state index in [1.165, 1.54) is 12.1 Å². The monoisotopic (exact) mass is 298 g/mol. The second-order valence-electron chi connectivity index (χ2n) is 3.62. The predicted octanol–water partition coefficient (Wildman–Crippen LogP) is 3.37. The highest BCUT2D eigenvalue weighted by Crippen LogP contribution is 2.11. The lowest BCUT2D eigenvalue weighted by Crippen LogP contribution is -2.11. The van der Waals surface area contributed by atoms with Crippen molar-refractivity contribution >= 4 is 34.5 Å². The van der Waals surface area contributed by atoms with Gasteiger partial charge in [0.25, 0.3) is 0 Å². The van der Waals surface area contributed by atoms with E-state index < -0.39 is 12.1 Å². The zero-order chi connectivity index (χ0) is 15.0. The molecule has 1 aromatic rings. The van der Waals surface area contributed by atoms with Gasteiger partial charge in [0.15, 0.2) is 0 Å². The Bertz CT molecular complexity index is 500. The van der Waals surface area contributed by atoms with Crippen LogP contribution in [0.5, 0.6) is 0 Å². The summed E-state index contributed by atoms with van der Waals surface area (Å²) in [7, 11) is 0. The molecule has 0 saturated carbocycles. The number of amides is 1. The third kappa shape index (κ3) is 5.27. The van der Waals surface area contributed by atoms with E-state index in [0.29, 0.717) is 24.3 Å². The van der Waals surface area contributed by atoms with Crippen LogP contribution in [-0.2, 0) is 9.57 Å². The first-order valence-corrected chi connectivity index (χ1v) is 6.42. The minimum Gasteiger partial charge on any atom is -0.462 e. The Hall–Kier alpha value is -2.08. The minimum atomic E-state index is -0.763. The fourth-order valence-electron chi connectivity index (χ4n) is 1.20. The molecule has 0 aliphatic carbocycles. The Morgan fingerprint density at radius 1 is 1.25 bits per heavy atom. The van der Waals surface area contributed by atoms with Crippen molar-refractivity contribution in [3.63, 3.8) is 0 Å². The van der Waals surface area contributed by atoms with Crippen LogP contribution >= 0.6 is 11.6 Å². The number of esters is 1. The van der Waals surface area contributed by atoms with Crippen molar-refractivity contribution < 1.29 is 19.2 Å². The molecule has 108 valence electrons. The standard InChI is InChI=1S/C13H15ClN2O4/c1-3-11(14)16-20-13(18)15-10-7-5-9(6-8-10)12(17)19-4-2/h5-8H,3-4H2,1-2H3,(H,15,18). The maximum absolute atomic E-state index is 11.4. The average Bonchev–Trinajstić information content (AvgIpc) is 2.45. The molecule has 0 unspecified atom stereocenters. The van der Waals surface area contributed by atoms with Crippen LogP contribution in [0.4, 0.5) is 10.5 Å². The lowest BCUT2D eigenvalue weighted by atomic mass is 10.2. The van der Waals surface area contributed by atoms with Crippen molar-refractivity contribution in [3.05, 3.63) is 29.8 Å². The van der Waals surface area contributed by atoms with Crippen LogP contribution in [0.2, 0.25) is 0 Å². The van der Waals surface area contributed by atoms with Crippen molar-refractivity contribution in [1.29, 1.82) is 0 Å². The Morgan fingerprint density at radius 2 is 1.90 bits per heavy atom. The molecule has 20 heavy (non-hydrogen) atoms. The topological polar surface area (TPSA) is 77.0 Å². The second-order valence-corrected chi connectivity index (χ2v) is 4.06. The van der Waals surface area contributed by atoms with E-state index in [4.69, 9.17) is 16.3 Å². The Balaban J connectivity index is 2.57. The highest BCUT2D eigenvalue weighted by molar-refractivity contribution is 6.65. The molecule has 0 aromatic heterocycles. The summed E-state index contributed by atoms with van der Waals surface area (Å²) in [5, 5.41) is 6.04. The van der Waals surface area contributed by atoms with Gasteiger partial charge in [-0.2, -0.15) is 0 Å². The fourth-order valence-corrected chi connectivity index (χ4v) is 1.23. The molecule has 0 bridgehead atoms. The van der Waals surface area contributed by atoms with E-state index in [9.17, 15) is 9.59 Å². The van der Waals surface area contributed by atoms with Gasteiger partial charge in [-0.05, 0) is 31.2 Å². The zero-order valence-corrected chi connectivity index (χ0v) is 11.9. The normalized spacial score (nSPS) is 10.8. The highest BCUT2D eigenvalue weighted by Gasteiger charge is 2.07. The Labute approximate surface area is 121 Å². The number of carbonyl (C=O) groups is 2. The van der Waals surface area contributed by atoms with Gasteiger partial charge in [-0.1, -0.05) is 23.7 Å². The van der Waals surface area contributed by atoms with Gasteiger partial charge < -0.3 is 4.74 Å². The average molecular weight is 299 g/mol. The van der Waals surface area contributed by atoms with Crippen LogP contribution in [-0.4, -0.2) is 23.8 Å². The lowest BCUT2D eigenvalue weighted by Gasteiger charge is -2.05. The molecule has 0 aliphatic rings. The quantitative estimate of drug-likeness (QED) is 0.391. The predicted molar refractivity (Wildman–Crippen MR) is 76.1 cm³/mol. The molecule has 0 fully saturated rings. The van der Waals surface area contributed by atoms with Crippen LogP contribution in [0.3, 0.4) is 0 Å². The van der Waals surface area contributed by atoms with Gasteiger partial charge in [0, 0.05) is 12.1 Å². The molecular weight excluding hydrogens is 284 g/mol. The number of hydrogen-bond acceptors (Lipinski definition) is 5. The summed E-state index contributed by atoms with van der Waals surface area (Å²) in [6.07, 6.45) is -0.288. The third-order valence-electron chi connectivity index (χ3n) is 2.16. The number of nitrogens with zero attached hydrogens (tertiary/aromatic N) is 1. The number of oxime groups is 1. The number of benzene rings is 1. The molecule has 1 N–H and O–H groups in total. The summed E-state index contributed by atoms with van der Waals surface area (Å²) in [6.45, 7) is 3.81. The van der Waals surface area contributed by atoms with Gasteiger partial charge in [0.05, 0.1) is 12.2 Å². The first kappa shape index (κ1) is 16.0. The van der Waals surface area contributed by atoms with Crippen molar-refractivity contribution in [2.75, 3.05) is 11.9 Å². The van der Waals surface area contributed by atoms with Gasteiger partial charge in [0.2, 0.25) is 0 Å². The van der Waals surface area contributed by atoms with Crippen molar-refractivity contribution in [2.24, 2.45) is 5.16 Å². The largest absolute Gasteiger partial charge is 0.462 e. The van der Waals surface area contributed by atoms with E-state index in [2.05, 4.69) is 15.3 Å². The van der Waals surface area contributed by atoms with Gasteiger partial charge in [-0.3, -0.25) is 10.2 Å². The maximum atomic E-state index is 11.4. The number of rotatable bonds is 5. The van der Waals surface area contributed by atoms with Crippen LogP contribution < -0.4 is 5.32 Å². The summed E-state index contributed by atoms with van der Waals surface area (Å²) in [4.78, 5) is 27.3. The first-order chi connectivity index (χ1) is 9.56. The molecule has 0 radical (unpaired) electrons. The SMILES string of the molecule is CCOC(=O)c1ccc(NC(=O)ON=C(Cl)CC)cc1. The maximum Gasteiger partial charge on any atom is 0.437 e. The number of hydrogen-bond donors (Lipinski definition) is 1. The zero-order valence-electron chi connectivity index (χ0n) is 11.2. The summed E-state index contributed by atoms with van der Waals surface area (Å²) in [5.74, 6) is -0.416. The van der Waals surface area contributed by atoms with E-state index in [-0.39, 0.29) is 5.17 Å². The molecule has 6 nitrogen and oxygen atoms in total. The Morgan fingerprint density at radius 3 is 2.45 bits per heavy atom. The molecule has 0 aliphatic heterocycles. The molecule has 0 heterocycles. The van der Waals surface area contributed by atoms with Crippen LogP contribution in [0.15, 0.2) is 29.4 Å². The molecule has 7 heteroatoms. The van der Waals surface area contributed by atoms with Gasteiger partial charge in [-0.15, -0.1) is 0 Å². The third-order valence-corrected chi connectivity index (χ3v) is 2.50. The van der Waals surface area contributed by atoms with Crippen LogP contribution in [0.1, 0.15) is 30.6 Å². The first-order valence-electron chi connectivity index (χ1n) is 6.04. The number of anilines is 1. The summed E-state index contributed by atoms with van der Waals surface area (Å²) >= 11 is 5.59. The van der Waals surface area contributed by atoms with Crippen molar-refractivity contribution in [3.8, 4) is 0 Å². The fraction of sp³-hybridized carbons (Fsp3) is 0.308. The van der Waals surface area contributed by atoms with Gasteiger partial charge in [0.1, 0.15) is 5.17 Å². The molecule has 1 aromatic carbocycles. The summed E-state index contributed by atoms with van der Waals surface area (Å²) < 4.78 is 4.84.